The van der Waals surface area contributed by atoms with Gasteiger partial charge in [0.05, 0.1) is 6.61 Å². The molecule has 1 aliphatic carbocycles. The zero-order chi connectivity index (χ0) is 13.8. The average molecular weight is 255 g/mol. The molecule has 4 nitrogen and oxygen atoms in total. The standard InChI is InChI=1S/C14H25NO3/c1-12(2)10(13(12,3)4)11(16)15-7-9-8-17-14(5,6)18-9/h9-10H,7-8H2,1-6H3,(H,15,16). The van der Waals surface area contributed by atoms with Gasteiger partial charge in [0.1, 0.15) is 6.10 Å². The molecule has 104 valence electrons. The van der Waals surface area contributed by atoms with Gasteiger partial charge in [0, 0.05) is 12.5 Å². The Morgan fingerprint density at radius 2 is 1.72 bits per heavy atom. The van der Waals surface area contributed by atoms with E-state index in [-0.39, 0.29) is 28.8 Å². The van der Waals surface area contributed by atoms with Crippen LogP contribution in [0, 0.1) is 16.7 Å². The highest BCUT2D eigenvalue weighted by Crippen LogP contribution is 2.68. The fraction of sp³-hybridized carbons (Fsp3) is 0.929. The van der Waals surface area contributed by atoms with E-state index in [9.17, 15) is 4.79 Å². The third kappa shape index (κ3) is 2.16. The van der Waals surface area contributed by atoms with Crippen molar-refractivity contribution in [3.63, 3.8) is 0 Å². The van der Waals surface area contributed by atoms with Crippen LogP contribution in [0.25, 0.3) is 0 Å². The van der Waals surface area contributed by atoms with Crippen molar-refractivity contribution in [2.45, 2.75) is 53.4 Å². The topological polar surface area (TPSA) is 47.6 Å². The van der Waals surface area contributed by atoms with Crippen LogP contribution in [0.15, 0.2) is 0 Å². The van der Waals surface area contributed by atoms with E-state index in [0.717, 1.165) is 0 Å². The highest BCUT2D eigenvalue weighted by molar-refractivity contribution is 5.84. The van der Waals surface area contributed by atoms with Gasteiger partial charge in [0.2, 0.25) is 5.91 Å². The molecule has 0 bridgehead atoms. The number of ether oxygens (including phenoxy) is 2. The Bertz CT molecular complexity index is 346. The number of nitrogens with one attached hydrogen (secondary N) is 1. The van der Waals surface area contributed by atoms with Crippen molar-refractivity contribution in [3.05, 3.63) is 0 Å². The highest BCUT2D eigenvalue weighted by Gasteiger charge is 2.68. The molecule has 4 heteroatoms. The number of carbonyl (C=O) groups excluding carboxylic acids is 1. The normalized spacial score (nSPS) is 32.2. The summed E-state index contributed by atoms with van der Waals surface area (Å²) in [6, 6.07) is 0. The first-order chi connectivity index (χ1) is 8.08. The van der Waals surface area contributed by atoms with E-state index in [2.05, 4.69) is 33.0 Å². The second kappa shape index (κ2) is 3.94. The number of carbonyl (C=O) groups is 1. The van der Waals surface area contributed by atoms with Crippen LogP contribution in [-0.4, -0.2) is 30.9 Å². The van der Waals surface area contributed by atoms with Gasteiger partial charge in [0.25, 0.3) is 0 Å². The first kappa shape index (κ1) is 13.8. The molecule has 1 unspecified atom stereocenters. The summed E-state index contributed by atoms with van der Waals surface area (Å²) in [6.45, 7) is 13.5. The molecule has 2 fully saturated rings. The van der Waals surface area contributed by atoms with E-state index in [4.69, 9.17) is 9.47 Å². The second-order valence-electron chi connectivity index (χ2n) is 7.07. The summed E-state index contributed by atoms with van der Waals surface area (Å²) in [4.78, 5) is 12.1. The van der Waals surface area contributed by atoms with Gasteiger partial charge in [-0.1, -0.05) is 27.7 Å². The van der Waals surface area contributed by atoms with Crippen LogP contribution in [0.1, 0.15) is 41.5 Å². The molecule has 1 amide bonds. The van der Waals surface area contributed by atoms with Crippen LogP contribution in [0.3, 0.4) is 0 Å². The van der Waals surface area contributed by atoms with E-state index in [1.165, 1.54) is 0 Å². The van der Waals surface area contributed by atoms with Crippen molar-refractivity contribution in [3.8, 4) is 0 Å². The first-order valence-electron chi connectivity index (χ1n) is 6.67. The quantitative estimate of drug-likeness (QED) is 0.838. The van der Waals surface area contributed by atoms with Gasteiger partial charge in [0.15, 0.2) is 5.79 Å². The minimum atomic E-state index is -0.520. The predicted molar refractivity (Wildman–Crippen MR) is 69.0 cm³/mol. The van der Waals surface area contributed by atoms with Crippen molar-refractivity contribution in [2.75, 3.05) is 13.2 Å². The molecule has 1 atom stereocenters. The Labute approximate surface area is 109 Å². The molecule has 1 heterocycles. The molecular weight excluding hydrogens is 230 g/mol. The van der Waals surface area contributed by atoms with Gasteiger partial charge in [-0.25, -0.2) is 0 Å². The Morgan fingerprint density at radius 1 is 1.17 bits per heavy atom. The van der Waals surface area contributed by atoms with Crippen LogP contribution >= 0.6 is 0 Å². The molecule has 1 N–H and O–H groups in total. The summed E-state index contributed by atoms with van der Waals surface area (Å²) in [5, 5.41) is 2.99. The summed E-state index contributed by atoms with van der Waals surface area (Å²) in [7, 11) is 0. The van der Waals surface area contributed by atoms with E-state index in [0.29, 0.717) is 13.2 Å². The van der Waals surface area contributed by atoms with Crippen LogP contribution in [0.2, 0.25) is 0 Å². The maximum atomic E-state index is 12.1. The van der Waals surface area contributed by atoms with Crippen LogP contribution in [0.5, 0.6) is 0 Å². The number of amides is 1. The molecule has 0 aromatic rings. The van der Waals surface area contributed by atoms with Gasteiger partial charge in [-0.2, -0.15) is 0 Å². The van der Waals surface area contributed by atoms with Gasteiger partial charge in [-0.3, -0.25) is 4.79 Å². The fourth-order valence-corrected chi connectivity index (χ4v) is 3.03. The molecule has 2 aliphatic rings. The van der Waals surface area contributed by atoms with E-state index in [1.807, 2.05) is 13.8 Å². The predicted octanol–water partition coefficient (Wildman–Crippen LogP) is 1.94. The molecular formula is C14H25NO3. The number of hydrogen-bond acceptors (Lipinski definition) is 3. The third-order valence-electron chi connectivity index (χ3n) is 4.85. The molecule has 18 heavy (non-hydrogen) atoms. The molecule has 1 aliphatic heterocycles. The highest BCUT2D eigenvalue weighted by atomic mass is 16.7. The van der Waals surface area contributed by atoms with Crippen molar-refractivity contribution in [1.29, 1.82) is 0 Å². The Balaban J connectivity index is 1.81. The smallest absolute Gasteiger partial charge is 0.224 e. The minimum absolute atomic E-state index is 0.0334. The van der Waals surface area contributed by atoms with Gasteiger partial charge < -0.3 is 14.8 Å². The van der Waals surface area contributed by atoms with Gasteiger partial charge in [-0.05, 0) is 24.7 Å². The van der Waals surface area contributed by atoms with E-state index >= 15 is 0 Å². The van der Waals surface area contributed by atoms with Gasteiger partial charge >= 0.3 is 0 Å². The lowest BCUT2D eigenvalue weighted by atomic mass is 10.0. The second-order valence-corrected chi connectivity index (χ2v) is 7.07. The molecule has 1 saturated carbocycles. The summed E-state index contributed by atoms with van der Waals surface area (Å²) >= 11 is 0. The Kier molecular flexibility index (Phi) is 3.02. The molecule has 0 aromatic carbocycles. The van der Waals surface area contributed by atoms with Crippen molar-refractivity contribution in [2.24, 2.45) is 16.7 Å². The first-order valence-corrected chi connectivity index (χ1v) is 6.67. The van der Waals surface area contributed by atoms with Crippen LogP contribution < -0.4 is 5.32 Å². The third-order valence-corrected chi connectivity index (χ3v) is 4.85. The summed E-state index contributed by atoms with van der Waals surface area (Å²) < 4.78 is 11.1. The maximum absolute atomic E-state index is 12.1. The molecule has 1 saturated heterocycles. The summed E-state index contributed by atoms with van der Waals surface area (Å²) in [5.74, 6) is -0.285. The molecule has 0 radical (unpaired) electrons. The zero-order valence-electron chi connectivity index (χ0n) is 12.3. The van der Waals surface area contributed by atoms with Crippen LogP contribution in [0.4, 0.5) is 0 Å². The van der Waals surface area contributed by atoms with E-state index in [1.54, 1.807) is 0 Å². The van der Waals surface area contributed by atoms with Crippen LogP contribution in [-0.2, 0) is 14.3 Å². The summed E-state index contributed by atoms with van der Waals surface area (Å²) in [6.07, 6.45) is -0.0334. The van der Waals surface area contributed by atoms with Crippen molar-refractivity contribution in [1.82, 2.24) is 5.32 Å². The number of hydrogen-bond donors (Lipinski definition) is 1. The summed E-state index contributed by atoms with van der Waals surface area (Å²) in [5.41, 5.74) is 0.173. The Morgan fingerprint density at radius 3 is 2.11 bits per heavy atom. The Hall–Kier alpha value is -0.610. The average Bonchev–Trinajstić information content (AvgIpc) is 2.52. The molecule has 2 rings (SSSR count). The maximum Gasteiger partial charge on any atom is 0.224 e. The molecule has 0 spiro atoms. The van der Waals surface area contributed by atoms with Crippen molar-refractivity contribution < 1.29 is 14.3 Å². The van der Waals surface area contributed by atoms with E-state index < -0.39 is 5.79 Å². The fourth-order valence-electron chi connectivity index (χ4n) is 3.03. The minimum Gasteiger partial charge on any atom is -0.353 e. The van der Waals surface area contributed by atoms with Crippen molar-refractivity contribution >= 4 is 5.91 Å². The molecule has 0 aromatic heterocycles. The van der Waals surface area contributed by atoms with Gasteiger partial charge in [-0.15, -0.1) is 0 Å². The largest absolute Gasteiger partial charge is 0.353 e. The number of rotatable bonds is 3. The lowest BCUT2D eigenvalue weighted by molar-refractivity contribution is -0.139. The SMILES string of the molecule is CC1(C)OCC(CNC(=O)C2C(C)(C)C2(C)C)O1. The lowest BCUT2D eigenvalue weighted by Gasteiger charge is -2.17. The lowest BCUT2D eigenvalue weighted by Crippen LogP contribution is -2.36. The monoisotopic (exact) mass is 255 g/mol. The zero-order valence-corrected chi connectivity index (χ0v) is 12.3.